The molecule has 0 bridgehead atoms. The van der Waals surface area contributed by atoms with E-state index in [1.54, 1.807) is 11.3 Å². The molecule has 0 spiro atoms. The maximum Gasteiger partial charge on any atom is 0.340 e. The number of halogens is 1. The minimum absolute atomic E-state index is 0.244. The molecule has 0 unspecified atom stereocenters. The molecule has 0 amide bonds. The van der Waals surface area contributed by atoms with Crippen molar-refractivity contribution in [2.24, 2.45) is 5.92 Å². The van der Waals surface area contributed by atoms with Gasteiger partial charge in [-0.1, -0.05) is 6.92 Å². The molecule has 1 fully saturated rings. The van der Waals surface area contributed by atoms with Crippen LogP contribution in [-0.2, 0) is 4.74 Å². The van der Waals surface area contributed by atoms with Crippen molar-refractivity contribution in [1.29, 1.82) is 0 Å². The summed E-state index contributed by atoms with van der Waals surface area (Å²) in [7, 11) is 1.44. The zero-order chi connectivity index (χ0) is 17.4. The van der Waals surface area contributed by atoms with E-state index in [0.29, 0.717) is 17.4 Å². The molecule has 0 N–H and O–H groups in total. The van der Waals surface area contributed by atoms with Crippen molar-refractivity contribution < 1.29 is 9.53 Å². The lowest BCUT2D eigenvalue weighted by Gasteiger charge is -2.42. The summed E-state index contributed by atoms with van der Waals surface area (Å²) in [6, 6.07) is 0. The third-order valence-corrected chi connectivity index (χ3v) is 7.30. The summed E-state index contributed by atoms with van der Waals surface area (Å²) in [5.74, 6) is 0.923. The standard InChI is InChI=1S/C18H28BrNO2S/c1-11(13-7-9-20(10-8-13)18(3,4)5)15-12(2)14(16(19)23-15)17(21)22-6/h11,13H,7-10H2,1-6H3/t11-/m1/s1. The highest BCUT2D eigenvalue weighted by atomic mass is 79.9. The van der Waals surface area contributed by atoms with Crippen LogP contribution in [0.3, 0.4) is 0 Å². The Labute approximate surface area is 152 Å². The Kier molecular flexibility index (Phi) is 5.96. The van der Waals surface area contributed by atoms with E-state index in [-0.39, 0.29) is 11.5 Å². The normalized spacial score (nSPS) is 18.9. The Morgan fingerprint density at radius 1 is 1.35 bits per heavy atom. The van der Waals surface area contributed by atoms with Crippen LogP contribution >= 0.6 is 27.3 Å². The lowest BCUT2D eigenvalue weighted by atomic mass is 9.82. The molecule has 130 valence electrons. The maximum atomic E-state index is 12.0. The zero-order valence-corrected chi connectivity index (χ0v) is 17.4. The highest BCUT2D eigenvalue weighted by Crippen LogP contribution is 2.42. The largest absolute Gasteiger partial charge is 0.465 e. The summed E-state index contributed by atoms with van der Waals surface area (Å²) in [5.41, 5.74) is 2.04. The van der Waals surface area contributed by atoms with Gasteiger partial charge in [-0.25, -0.2) is 4.79 Å². The Hall–Kier alpha value is -0.390. The van der Waals surface area contributed by atoms with Gasteiger partial charge in [-0.3, -0.25) is 4.90 Å². The molecular weight excluding hydrogens is 374 g/mol. The van der Waals surface area contributed by atoms with Crippen LogP contribution in [0, 0.1) is 12.8 Å². The average molecular weight is 402 g/mol. The molecule has 0 radical (unpaired) electrons. The first-order valence-corrected chi connectivity index (χ1v) is 9.90. The SMILES string of the molecule is COC(=O)c1c(Br)sc([C@H](C)C2CCN(C(C)(C)C)CC2)c1C. The molecule has 23 heavy (non-hydrogen) atoms. The second kappa shape index (κ2) is 7.24. The van der Waals surface area contributed by atoms with Crippen LogP contribution in [0.2, 0.25) is 0 Å². The number of carbonyl (C=O) groups is 1. The number of hydrogen-bond acceptors (Lipinski definition) is 4. The summed E-state index contributed by atoms with van der Waals surface area (Å²) in [5, 5.41) is 0. The molecule has 1 aliphatic heterocycles. The van der Waals surface area contributed by atoms with Crippen LogP contribution in [0.5, 0.6) is 0 Å². The van der Waals surface area contributed by atoms with Gasteiger partial charge >= 0.3 is 5.97 Å². The number of thiophene rings is 1. The molecule has 1 aromatic rings. The number of nitrogens with zero attached hydrogens (tertiary/aromatic N) is 1. The first-order valence-electron chi connectivity index (χ1n) is 8.29. The fraction of sp³-hybridized carbons (Fsp3) is 0.722. The monoisotopic (exact) mass is 401 g/mol. The van der Waals surface area contributed by atoms with E-state index in [1.165, 1.54) is 24.8 Å². The lowest BCUT2D eigenvalue weighted by Crippen LogP contribution is -2.46. The van der Waals surface area contributed by atoms with Crippen LogP contribution in [0.1, 0.15) is 67.3 Å². The van der Waals surface area contributed by atoms with Crippen LogP contribution in [-0.4, -0.2) is 36.6 Å². The summed E-state index contributed by atoms with van der Waals surface area (Å²) in [4.78, 5) is 15.9. The van der Waals surface area contributed by atoms with E-state index >= 15 is 0 Å². The van der Waals surface area contributed by atoms with Gasteiger partial charge in [0.25, 0.3) is 0 Å². The van der Waals surface area contributed by atoms with E-state index in [2.05, 4.69) is 48.5 Å². The molecule has 5 heteroatoms. The molecule has 1 saturated heterocycles. The predicted molar refractivity (Wildman–Crippen MR) is 101 cm³/mol. The Morgan fingerprint density at radius 3 is 2.39 bits per heavy atom. The number of ether oxygens (including phenoxy) is 1. The molecule has 0 aliphatic carbocycles. The van der Waals surface area contributed by atoms with Gasteiger partial charge in [0, 0.05) is 10.4 Å². The lowest BCUT2D eigenvalue weighted by molar-refractivity contribution is 0.0599. The van der Waals surface area contributed by atoms with E-state index < -0.39 is 0 Å². The van der Waals surface area contributed by atoms with Crippen molar-refractivity contribution in [3.05, 3.63) is 19.8 Å². The second-order valence-corrected chi connectivity index (χ2v) is 9.89. The molecule has 2 heterocycles. The van der Waals surface area contributed by atoms with Crippen molar-refractivity contribution in [2.45, 2.75) is 58.9 Å². The van der Waals surface area contributed by atoms with Gasteiger partial charge in [0.15, 0.2) is 0 Å². The number of hydrogen-bond donors (Lipinski definition) is 0. The van der Waals surface area contributed by atoms with E-state index in [0.717, 1.165) is 22.4 Å². The summed E-state index contributed by atoms with van der Waals surface area (Å²) in [6.07, 6.45) is 2.45. The topological polar surface area (TPSA) is 29.5 Å². The van der Waals surface area contributed by atoms with Crippen molar-refractivity contribution in [3.63, 3.8) is 0 Å². The fourth-order valence-electron chi connectivity index (χ4n) is 3.55. The van der Waals surface area contributed by atoms with E-state index in [9.17, 15) is 4.79 Å². The molecular formula is C18H28BrNO2S. The molecule has 3 nitrogen and oxygen atoms in total. The predicted octanol–water partition coefficient (Wildman–Crippen LogP) is 5.22. The Bertz CT molecular complexity index is 568. The van der Waals surface area contributed by atoms with E-state index in [4.69, 9.17) is 4.74 Å². The van der Waals surface area contributed by atoms with Gasteiger partial charge in [-0.05, 0) is 87.0 Å². The highest BCUT2D eigenvalue weighted by molar-refractivity contribution is 9.11. The van der Waals surface area contributed by atoms with Gasteiger partial charge in [0.1, 0.15) is 0 Å². The fourth-order valence-corrected chi connectivity index (χ4v) is 5.70. The molecule has 2 rings (SSSR count). The maximum absolute atomic E-state index is 12.0. The third-order valence-electron chi connectivity index (χ3n) is 5.14. The first-order chi connectivity index (χ1) is 10.7. The van der Waals surface area contributed by atoms with Crippen molar-refractivity contribution in [2.75, 3.05) is 20.2 Å². The van der Waals surface area contributed by atoms with Gasteiger partial charge < -0.3 is 4.74 Å². The third kappa shape index (κ3) is 3.99. The van der Waals surface area contributed by atoms with Crippen LogP contribution < -0.4 is 0 Å². The minimum Gasteiger partial charge on any atom is -0.465 e. The summed E-state index contributed by atoms with van der Waals surface area (Å²) >= 11 is 5.24. The summed E-state index contributed by atoms with van der Waals surface area (Å²) < 4.78 is 5.82. The summed E-state index contributed by atoms with van der Waals surface area (Å²) in [6.45, 7) is 13.6. The van der Waals surface area contributed by atoms with Gasteiger partial charge in [-0.15, -0.1) is 11.3 Å². The van der Waals surface area contributed by atoms with Crippen molar-refractivity contribution >= 4 is 33.2 Å². The quantitative estimate of drug-likeness (QED) is 0.650. The average Bonchev–Trinajstić information content (AvgIpc) is 2.80. The van der Waals surface area contributed by atoms with Crippen molar-refractivity contribution in [1.82, 2.24) is 4.90 Å². The molecule has 0 aromatic carbocycles. The highest BCUT2D eigenvalue weighted by Gasteiger charge is 2.32. The molecule has 1 aliphatic rings. The molecule has 1 atom stereocenters. The van der Waals surface area contributed by atoms with E-state index in [1.807, 2.05) is 6.92 Å². The molecule has 1 aromatic heterocycles. The van der Waals surface area contributed by atoms with Crippen LogP contribution in [0.15, 0.2) is 3.79 Å². The number of methoxy groups -OCH3 is 1. The zero-order valence-electron chi connectivity index (χ0n) is 15.0. The Morgan fingerprint density at radius 2 is 1.91 bits per heavy atom. The van der Waals surface area contributed by atoms with Crippen LogP contribution in [0.4, 0.5) is 0 Å². The van der Waals surface area contributed by atoms with Gasteiger partial charge in [0.2, 0.25) is 0 Å². The number of likely N-dealkylation sites (tertiary alicyclic amines) is 1. The number of piperidine rings is 1. The number of carbonyl (C=O) groups excluding carboxylic acids is 1. The number of rotatable bonds is 3. The smallest absolute Gasteiger partial charge is 0.340 e. The van der Waals surface area contributed by atoms with Crippen LogP contribution in [0.25, 0.3) is 0 Å². The molecule has 0 saturated carbocycles. The van der Waals surface area contributed by atoms with Gasteiger partial charge in [-0.2, -0.15) is 0 Å². The Balaban J connectivity index is 2.13. The number of esters is 1. The van der Waals surface area contributed by atoms with Crippen molar-refractivity contribution in [3.8, 4) is 0 Å². The minimum atomic E-state index is -0.244. The second-order valence-electron chi connectivity index (χ2n) is 7.52. The van der Waals surface area contributed by atoms with Gasteiger partial charge in [0.05, 0.1) is 16.5 Å². The first kappa shape index (κ1) is 18.9.